The van der Waals surface area contributed by atoms with E-state index in [4.69, 9.17) is 23.2 Å². The van der Waals surface area contributed by atoms with Crippen LogP contribution < -0.4 is 0 Å². The molecule has 0 amide bonds. The van der Waals surface area contributed by atoms with Crippen molar-refractivity contribution in [2.24, 2.45) is 17.3 Å². The van der Waals surface area contributed by atoms with Gasteiger partial charge in [0, 0.05) is 10.1 Å². The zero-order valence-electron chi connectivity index (χ0n) is 10.1. The van der Waals surface area contributed by atoms with Crippen molar-refractivity contribution >= 4 is 23.2 Å². The van der Waals surface area contributed by atoms with Crippen molar-refractivity contribution in [1.29, 1.82) is 0 Å². The minimum absolute atomic E-state index is 0.505. The maximum Gasteiger partial charge on any atom is 0.0380 e. The first-order valence-corrected chi connectivity index (χ1v) is 7.07. The number of unbranched alkanes of at least 4 members (excludes halogenated alkanes) is 1. The van der Waals surface area contributed by atoms with Crippen molar-refractivity contribution in [3.05, 3.63) is 22.2 Å². The third-order valence-corrected chi connectivity index (χ3v) is 4.81. The Morgan fingerprint density at radius 2 is 2.12 bits per heavy atom. The second-order valence-electron chi connectivity index (χ2n) is 5.40. The maximum atomic E-state index is 6.16. The lowest BCUT2D eigenvalue weighted by Gasteiger charge is -2.28. The fourth-order valence-electron chi connectivity index (χ4n) is 3.15. The molecule has 2 heteroatoms. The molecular weight excluding hydrogens is 239 g/mol. The van der Waals surface area contributed by atoms with E-state index in [9.17, 15) is 0 Å². The van der Waals surface area contributed by atoms with Gasteiger partial charge in [-0.2, -0.15) is 0 Å². The van der Waals surface area contributed by atoms with E-state index in [1.165, 1.54) is 25.7 Å². The van der Waals surface area contributed by atoms with Gasteiger partial charge in [0.05, 0.1) is 0 Å². The number of rotatable bonds is 4. The lowest BCUT2D eigenvalue weighted by Crippen LogP contribution is -2.18. The summed E-state index contributed by atoms with van der Waals surface area (Å²) >= 11 is 12.3. The van der Waals surface area contributed by atoms with Gasteiger partial charge in [-0.1, -0.05) is 56.0 Å². The second-order valence-corrected chi connectivity index (χ2v) is 6.32. The Bertz CT molecular complexity index is 330. The zero-order valence-corrected chi connectivity index (χ0v) is 11.6. The summed E-state index contributed by atoms with van der Waals surface area (Å²) in [6.07, 6.45) is 10.4. The molecule has 1 fully saturated rings. The molecule has 16 heavy (non-hydrogen) atoms. The Balaban J connectivity index is 2.09. The highest BCUT2D eigenvalue weighted by Gasteiger charge is 2.54. The minimum atomic E-state index is 0.505. The average Bonchev–Trinajstić information content (AvgIpc) is 2.86. The van der Waals surface area contributed by atoms with Crippen LogP contribution in [0.1, 0.15) is 46.0 Å². The van der Waals surface area contributed by atoms with Crippen molar-refractivity contribution in [2.45, 2.75) is 46.0 Å². The van der Waals surface area contributed by atoms with E-state index < -0.39 is 0 Å². The smallest absolute Gasteiger partial charge is 0.0380 e. The molecule has 0 radical (unpaired) electrons. The summed E-state index contributed by atoms with van der Waals surface area (Å²) in [5.41, 5.74) is 0.505. The molecule has 0 saturated heterocycles. The Morgan fingerprint density at radius 1 is 1.44 bits per heavy atom. The largest absolute Gasteiger partial charge is 0.0891 e. The second kappa shape index (κ2) is 4.74. The fraction of sp³-hybridized carbons (Fsp3) is 0.714. The molecule has 3 atom stereocenters. The summed E-state index contributed by atoms with van der Waals surface area (Å²) in [5, 5.41) is 1.75. The minimum Gasteiger partial charge on any atom is -0.0891 e. The number of hydrogen-bond donors (Lipinski definition) is 0. The van der Waals surface area contributed by atoms with Gasteiger partial charge in [0.25, 0.3) is 0 Å². The van der Waals surface area contributed by atoms with E-state index >= 15 is 0 Å². The summed E-state index contributed by atoms with van der Waals surface area (Å²) in [7, 11) is 0. The first-order chi connectivity index (χ1) is 7.58. The van der Waals surface area contributed by atoms with E-state index in [0.717, 1.165) is 22.4 Å². The molecule has 0 nitrogen and oxygen atoms in total. The van der Waals surface area contributed by atoms with Gasteiger partial charge < -0.3 is 0 Å². The highest BCUT2D eigenvalue weighted by atomic mass is 35.5. The van der Waals surface area contributed by atoms with Crippen LogP contribution in [-0.2, 0) is 0 Å². The molecular formula is C14H20Cl2. The van der Waals surface area contributed by atoms with Crippen LogP contribution >= 0.6 is 23.2 Å². The number of halogens is 2. The van der Waals surface area contributed by atoms with E-state index in [1.54, 1.807) is 0 Å². The van der Waals surface area contributed by atoms with Crippen molar-refractivity contribution < 1.29 is 0 Å². The van der Waals surface area contributed by atoms with Crippen LogP contribution in [0.3, 0.4) is 0 Å². The van der Waals surface area contributed by atoms with Crippen LogP contribution in [-0.4, -0.2) is 0 Å². The van der Waals surface area contributed by atoms with Crippen molar-refractivity contribution in [2.75, 3.05) is 0 Å². The van der Waals surface area contributed by atoms with Crippen LogP contribution in [0.25, 0.3) is 0 Å². The van der Waals surface area contributed by atoms with Crippen LogP contribution in [0.5, 0.6) is 0 Å². The topological polar surface area (TPSA) is 0 Å². The predicted octanol–water partition coefficient (Wildman–Crippen LogP) is 5.47. The number of allylic oxidation sites excluding steroid dienone is 4. The molecule has 90 valence electrons. The van der Waals surface area contributed by atoms with Gasteiger partial charge in [-0.15, -0.1) is 0 Å². The third-order valence-electron chi connectivity index (χ3n) is 4.31. The monoisotopic (exact) mass is 258 g/mol. The zero-order chi connectivity index (χ0) is 11.8. The molecule has 2 unspecified atom stereocenters. The van der Waals surface area contributed by atoms with Crippen molar-refractivity contribution in [3.63, 3.8) is 0 Å². The molecule has 0 aromatic heterocycles. The van der Waals surface area contributed by atoms with Gasteiger partial charge >= 0.3 is 0 Å². The van der Waals surface area contributed by atoms with E-state index in [1.807, 2.05) is 6.08 Å². The molecule has 2 aliphatic carbocycles. The molecule has 0 aromatic rings. The predicted molar refractivity (Wildman–Crippen MR) is 71.7 cm³/mol. The van der Waals surface area contributed by atoms with Gasteiger partial charge in [0.2, 0.25) is 0 Å². The lowest BCUT2D eigenvalue weighted by atomic mass is 9.79. The Morgan fingerprint density at radius 3 is 2.62 bits per heavy atom. The van der Waals surface area contributed by atoms with Crippen LogP contribution in [0.4, 0.5) is 0 Å². The Hall–Kier alpha value is 0.0600. The molecule has 0 spiro atoms. The van der Waals surface area contributed by atoms with Crippen LogP contribution in [0.15, 0.2) is 22.2 Å². The molecule has 0 bridgehead atoms. The molecule has 0 heterocycles. The highest BCUT2D eigenvalue weighted by Crippen LogP contribution is 2.63. The quantitative estimate of drug-likeness (QED) is 0.628. The summed E-state index contributed by atoms with van der Waals surface area (Å²) < 4.78 is 0. The first kappa shape index (κ1) is 12.5. The van der Waals surface area contributed by atoms with Crippen molar-refractivity contribution in [1.82, 2.24) is 0 Å². The molecule has 2 aliphatic rings. The molecule has 0 aliphatic heterocycles. The molecule has 2 rings (SSSR count). The summed E-state index contributed by atoms with van der Waals surface area (Å²) in [5.74, 6) is 1.41. The van der Waals surface area contributed by atoms with Gasteiger partial charge in [0.1, 0.15) is 0 Å². The standard InChI is InChI=1S/C14H20Cl2/c1-3-4-5-14(9-10(14)2)11-6-12(15)8-13(16)7-11/h6,8,10-11H,3-5,7,9H2,1-2H3/t10?,11?,14-/m1/s1. The summed E-state index contributed by atoms with van der Waals surface area (Å²) in [6.45, 7) is 4.63. The normalized spacial score (nSPS) is 38.0. The number of hydrogen-bond acceptors (Lipinski definition) is 0. The van der Waals surface area contributed by atoms with Gasteiger partial charge in [-0.25, -0.2) is 0 Å². The van der Waals surface area contributed by atoms with Gasteiger partial charge in [-0.05, 0) is 42.6 Å². The Kier molecular flexibility index (Phi) is 3.71. The van der Waals surface area contributed by atoms with Crippen molar-refractivity contribution in [3.8, 4) is 0 Å². The highest BCUT2D eigenvalue weighted by molar-refractivity contribution is 6.34. The maximum absolute atomic E-state index is 6.16. The molecule has 0 aromatic carbocycles. The SMILES string of the molecule is CCCC[C@@]1(C2C=C(Cl)C=C(Cl)C2)CC1C. The van der Waals surface area contributed by atoms with Gasteiger partial charge in [-0.3, -0.25) is 0 Å². The first-order valence-electron chi connectivity index (χ1n) is 6.32. The Labute approximate surface area is 109 Å². The van der Waals surface area contributed by atoms with Crippen LogP contribution in [0, 0.1) is 17.3 Å². The molecule has 0 N–H and O–H groups in total. The summed E-state index contributed by atoms with van der Waals surface area (Å²) in [4.78, 5) is 0. The molecule has 1 saturated carbocycles. The van der Waals surface area contributed by atoms with Gasteiger partial charge in [0.15, 0.2) is 0 Å². The fourth-order valence-corrected chi connectivity index (χ4v) is 3.78. The lowest BCUT2D eigenvalue weighted by molar-refractivity contribution is 0.305. The average molecular weight is 259 g/mol. The third kappa shape index (κ3) is 2.33. The summed E-state index contributed by atoms with van der Waals surface area (Å²) in [6, 6.07) is 0. The van der Waals surface area contributed by atoms with E-state index in [-0.39, 0.29) is 0 Å². The van der Waals surface area contributed by atoms with E-state index in [2.05, 4.69) is 19.9 Å². The van der Waals surface area contributed by atoms with Crippen LogP contribution in [0.2, 0.25) is 0 Å². The van der Waals surface area contributed by atoms with E-state index in [0.29, 0.717) is 11.3 Å².